The van der Waals surface area contributed by atoms with Crippen LogP contribution in [0.3, 0.4) is 0 Å². The molecule has 0 saturated carbocycles. The molecule has 11 heteroatoms. The first-order valence-electron chi connectivity index (χ1n) is 7.75. The van der Waals surface area contributed by atoms with E-state index in [-0.39, 0.29) is 6.54 Å². The van der Waals surface area contributed by atoms with E-state index in [1.54, 1.807) is 4.90 Å². The van der Waals surface area contributed by atoms with Gasteiger partial charge >= 0.3 is 17.9 Å². The highest BCUT2D eigenvalue weighted by Gasteiger charge is 2.54. The third kappa shape index (κ3) is 5.09. The fourth-order valence-electron chi connectivity index (χ4n) is 2.93. The van der Waals surface area contributed by atoms with Gasteiger partial charge in [0.15, 0.2) is 6.10 Å². The average molecular weight is 363 g/mol. The van der Waals surface area contributed by atoms with Gasteiger partial charge in [0.1, 0.15) is 18.4 Å². The zero-order chi connectivity index (χ0) is 18.6. The molecule has 25 heavy (non-hydrogen) atoms. The quantitative estimate of drug-likeness (QED) is 0.478. The second-order valence-corrected chi connectivity index (χ2v) is 5.80. The van der Waals surface area contributed by atoms with Crippen molar-refractivity contribution in [3.05, 3.63) is 0 Å². The predicted octanol–water partition coefficient (Wildman–Crippen LogP) is -0.627. The van der Waals surface area contributed by atoms with Crippen LogP contribution in [0.15, 0.2) is 0 Å². The molecule has 0 aromatic carbocycles. The Morgan fingerprint density at radius 3 is 1.92 bits per heavy atom. The third-order valence-electron chi connectivity index (χ3n) is 3.80. The van der Waals surface area contributed by atoms with Crippen molar-refractivity contribution in [2.24, 2.45) is 0 Å². The van der Waals surface area contributed by atoms with E-state index in [0.29, 0.717) is 12.8 Å². The number of hydrogen-bond donors (Lipinski definition) is 1. The van der Waals surface area contributed by atoms with Crippen LogP contribution in [-0.2, 0) is 43.7 Å². The van der Waals surface area contributed by atoms with Crippen LogP contribution in [-0.4, -0.2) is 65.0 Å². The summed E-state index contributed by atoms with van der Waals surface area (Å²) in [6, 6.07) is -0.664. The average Bonchev–Trinajstić information content (AvgIpc) is 2.89. The number of piperidine rings is 1. The van der Waals surface area contributed by atoms with E-state index in [1.807, 2.05) is 0 Å². The molecule has 142 valence electrons. The molecular weight excluding hydrogens is 342 g/mol. The van der Waals surface area contributed by atoms with E-state index in [4.69, 9.17) is 14.7 Å². The largest absolute Gasteiger partial charge is 0.378 e. The van der Waals surface area contributed by atoms with Gasteiger partial charge in [-0.2, -0.15) is 14.7 Å². The zero-order valence-electron chi connectivity index (χ0n) is 14.1. The number of rotatable bonds is 6. The predicted molar refractivity (Wildman–Crippen MR) is 75.7 cm³/mol. The van der Waals surface area contributed by atoms with Crippen LogP contribution >= 0.6 is 0 Å². The molecule has 0 aromatic heterocycles. The van der Waals surface area contributed by atoms with Gasteiger partial charge in [0.2, 0.25) is 0 Å². The molecule has 0 aromatic rings. The summed E-state index contributed by atoms with van der Waals surface area (Å²) >= 11 is 0. The number of carbonyl (C=O) groups excluding carboxylic acids is 3. The van der Waals surface area contributed by atoms with E-state index < -0.39 is 48.5 Å². The van der Waals surface area contributed by atoms with Crippen molar-refractivity contribution in [1.82, 2.24) is 4.90 Å². The smallest absolute Gasteiger partial charge is 0.339 e. The van der Waals surface area contributed by atoms with Gasteiger partial charge in [0.05, 0.1) is 6.04 Å². The molecule has 1 unspecified atom stereocenters. The van der Waals surface area contributed by atoms with Crippen LogP contribution in [0.2, 0.25) is 0 Å². The lowest BCUT2D eigenvalue weighted by Gasteiger charge is -2.39. The highest BCUT2D eigenvalue weighted by molar-refractivity contribution is 5.65. The normalized spacial score (nSPS) is 31.9. The first-order valence-corrected chi connectivity index (χ1v) is 7.75. The summed E-state index contributed by atoms with van der Waals surface area (Å²) in [5, 5.41) is 10.2. The molecule has 0 amide bonds. The molecule has 1 N–H and O–H groups in total. The first-order chi connectivity index (χ1) is 11.8. The minimum atomic E-state index is -0.946. The number of aliphatic hydroxyl groups excluding tert-OH is 1. The van der Waals surface area contributed by atoms with Crippen molar-refractivity contribution >= 4 is 17.9 Å². The van der Waals surface area contributed by atoms with Crippen molar-refractivity contribution in [2.45, 2.75) is 64.2 Å². The molecule has 2 aliphatic heterocycles. The molecule has 0 aliphatic carbocycles. The number of aliphatic hydroxyl groups is 1. The van der Waals surface area contributed by atoms with Crippen molar-refractivity contribution in [3.63, 3.8) is 0 Å². The lowest BCUT2D eigenvalue weighted by atomic mass is 9.96. The van der Waals surface area contributed by atoms with Crippen LogP contribution in [0.25, 0.3) is 0 Å². The maximum Gasteiger partial charge on any atom is 0.339 e. The Kier molecular flexibility index (Phi) is 6.67. The molecule has 2 rings (SSSR count). The summed E-state index contributed by atoms with van der Waals surface area (Å²) in [4.78, 5) is 63.6. The van der Waals surface area contributed by atoms with Crippen molar-refractivity contribution < 1.29 is 48.8 Å². The van der Waals surface area contributed by atoms with Gasteiger partial charge in [-0.05, 0) is 12.8 Å². The highest BCUT2D eigenvalue weighted by Crippen LogP contribution is 2.35. The van der Waals surface area contributed by atoms with Crippen LogP contribution < -0.4 is 0 Å². The van der Waals surface area contributed by atoms with E-state index in [1.165, 1.54) is 6.92 Å². The van der Waals surface area contributed by atoms with Crippen molar-refractivity contribution in [1.29, 1.82) is 0 Å². The number of hydrogen-bond acceptors (Lipinski definition) is 11. The topological polar surface area (TPSA) is 130 Å². The molecule has 0 radical (unpaired) electrons. The summed E-state index contributed by atoms with van der Waals surface area (Å²) in [7, 11) is 0. The van der Waals surface area contributed by atoms with Gasteiger partial charge in [-0.1, -0.05) is 0 Å². The van der Waals surface area contributed by atoms with E-state index in [2.05, 4.69) is 14.7 Å². The minimum absolute atomic E-state index is 0.116. The molecule has 11 nitrogen and oxygen atoms in total. The Hall–Kier alpha value is -1.79. The Bertz CT molecular complexity index is 512. The van der Waals surface area contributed by atoms with Crippen molar-refractivity contribution in [2.75, 3.05) is 6.54 Å². The Morgan fingerprint density at radius 2 is 1.36 bits per heavy atom. The fourth-order valence-corrected chi connectivity index (χ4v) is 2.93. The van der Waals surface area contributed by atoms with Gasteiger partial charge in [-0.25, -0.2) is 14.4 Å². The Balaban J connectivity index is 2.16. The van der Waals surface area contributed by atoms with Gasteiger partial charge in [0.25, 0.3) is 0 Å². The van der Waals surface area contributed by atoms with E-state index >= 15 is 0 Å². The minimum Gasteiger partial charge on any atom is -0.378 e. The van der Waals surface area contributed by atoms with E-state index in [0.717, 1.165) is 13.8 Å². The second-order valence-electron chi connectivity index (χ2n) is 5.80. The molecular formula is C14H21NO10. The van der Waals surface area contributed by atoms with Gasteiger partial charge in [-0.3, -0.25) is 19.6 Å². The van der Waals surface area contributed by atoms with E-state index in [9.17, 15) is 19.5 Å². The molecule has 0 spiro atoms. The summed E-state index contributed by atoms with van der Waals surface area (Å²) in [5.74, 6) is -2.01. The summed E-state index contributed by atoms with van der Waals surface area (Å²) in [5.41, 5.74) is 0. The zero-order valence-corrected chi connectivity index (χ0v) is 14.1. The fraction of sp³-hybridized carbons (Fsp3) is 0.786. The molecule has 2 fully saturated rings. The summed E-state index contributed by atoms with van der Waals surface area (Å²) in [6.07, 6.45) is -2.60. The standard InChI is InChI=1S/C14H21NO10/c1-7(16)20-23-10-4-5-12(19)15-6-11(24-21-8(2)17)14(13(10)15)25-22-9(3)18/h10-14,19H,4-6H2,1-3H3/t10-,11-,12?,13-,14-/m1/s1. The molecule has 2 heterocycles. The lowest BCUT2D eigenvalue weighted by Crippen LogP contribution is -2.55. The first kappa shape index (κ1) is 19.5. The Morgan fingerprint density at radius 1 is 0.840 bits per heavy atom. The lowest BCUT2D eigenvalue weighted by molar-refractivity contribution is -0.365. The van der Waals surface area contributed by atoms with Crippen molar-refractivity contribution in [3.8, 4) is 0 Å². The SMILES string of the molecule is CC(=O)OO[C@H]1[C@H]2[C@H](OOC(C)=O)CCC(O)N2C[C@H]1OOC(C)=O. The van der Waals surface area contributed by atoms with Crippen LogP contribution in [0.1, 0.15) is 33.6 Å². The number of nitrogens with zero attached hydrogens (tertiary/aromatic N) is 1. The summed E-state index contributed by atoms with van der Waals surface area (Å²) < 4.78 is 0. The third-order valence-corrected chi connectivity index (χ3v) is 3.80. The highest BCUT2D eigenvalue weighted by atomic mass is 17.2. The van der Waals surface area contributed by atoms with Crippen LogP contribution in [0, 0.1) is 0 Å². The molecule has 5 atom stereocenters. The van der Waals surface area contributed by atoms with Gasteiger partial charge < -0.3 is 5.11 Å². The molecule has 2 saturated heterocycles. The Labute approximate surface area is 143 Å². The summed E-state index contributed by atoms with van der Waals surface area (Å²) in [6.45, 7) is 3.61. The van der Waals surface area contributed by atoms with Crippen LogP contribution in [0.4, 0.5) is 0 Å². The van der Waals surface area contributed by atoms with Crippen LogP contribution in [0.5, 0.6) is 0 Å². The van der Waals surface area contributed by atoms with Gasteiger partial charge in [0, 0.05) is 27.3 Å². The maximum absolute atomic E-state index is 11.1. The molecule has 2 aliphatic rings. The number of fused-ring (bicyclic) bond motifs is 1. The maximum atomic E-state index is 11.1. The monoisotopic (exact) mass is 363 g/mol. The molecule has 0 bridgehead atoms. The number of carbonyl (C=O) groups is 3. The second kappa shape index (κ2) is 8.54. The van der Waals surface area contributed by atoms with Gasteiger partial charge in [-0.15, -0.1) is 0 Å².